The van der Waals surface area contributed by atoms with E-state index < -0.39 is 0 Å². The maximum Gasteiger partial charge on any atom is 0.305 e. The van der Waals surface area contributed by atoms with Gasteiger partial charge in [0.2, 0.25) is 0 Å². The predicted molar refractivity (Wildman–Crippen MR) is 134 cm³/mol. The number of unbranched alkanes of at least 4 members (excludes halogenated alkanes) is 12. The van der Waals surface area contributed by atoms with Crippen molar-refractivity contribution in [3.05, 3.63) is 0 Å². The number of esters is 1. The van der Waals surface area contributed by atoms with Crippen molar-refractivity contribution in [3.8, 4) is 0 Å². The van der Waals surface area contributed by atoms with Gasteiger partial charge in [0.05, 0.1) is 52.9 Å². The molecule has 0 amide bonds. The molecular weight excluding hydrogens is 422 g/mol. The summed E-state index contributed by atoms with van der Waals surface area (Å²) in [7, 11) is 0. The van der Waals surface area contributed by atoms with Crippen molar-refractivity contribution in [2.45, 2.75) is 96.8 Å². The maximum absolute atomic E-state index is 11.7. The van der Waals surface area contributed by atoms with Gasteiger partial charge in [-0.25, -0.2) is 0 Å². The summed E-state index contributed by atoms with van der Waals surface area (Å²) < 4.78 is 26.6. The van der Waals surface area contributed by atoms with Crippen LogP contribution in [0.4, 0.5) is 0 Å². The van der Waals surface area contributed by atoms with Crippen LogP contribution in [-0.4, -0.2) is 72.0 Å². The van der Waals surface area contributed by atoms with Crippen LogP contribution in [0.1, 0.15) is 96.8 Å². The fourth-order valence-electron chi connectivity index (χ4n) is 3.42. The lowest BCUT2D eigenvalue weighted by Crippen LogP contribution is -2.15. The van der Waals surface area contributed by atoms with E-state index in [2.05, 4.69) is 6.92 Å². The first-order chi connectivity index (χ1) is 16.3. The number of ether oxygens (including phenoxy) is 5. The molecule has 0 radical (unpaired) electrons. The number of hydrogen-bond acceptors (Lipinski definition) is 7. The summed E-state index contributed by atoms with van der Waals surface area (Å²) in [5.74, 6) is -0.120. The topological polar surface area (TPSA) is 89.2 Å². The SMILES string of the molecule is CCCCCCCCCCCCCCCC(=O)OCCOCCOCCOCCOCCN. The van der Waals surface area contributed by atoms with Gasteiger partial charge in [-0.1, -0.05) is 84.0 Å². The molecule has 0 aliphatic heterocycles. The third-order valence-electron chi connectivity index (χ3n) is 5.35. The maximum atomic E-state index is 11.7. The standard InChI is InChI=1S/C26H53NO6/c1-2-3-4-5-6-7-8-9-10-11-12-13-14-15-26(28)33-25-24-32-23-22-31-21-20-30-19-18-29-17-16-27/h2-25,27H2,1H3. The average molecular weight is 476 g/mol. The van der Waals surface area contributed by atoms with E-state index in [1.807, 2.05) is 0 Å². The van der Waals surface area contributed by atoms with Gasteiger partial charge >= 0.3 is 5.97 Å². The Morgan fingerprint density at radius 3 is 1.30 bits per heavy atom. The number of carbonyl (C=O) groups excluding carboxylic acids is 1. The summed E-state index contributed by atoms with van der Waals surface area (Å²) in [5.41, 5.74) is 5.32. The van der Waals surface area contributed by atoms with E-state index in [-0.39, 0.29) is 5.97 Å². The van der Waals surface area contributed by atoms with Crippen LogP contribution in [0.2, 0.25) is 0 Å². The van der Waals surface area contributed by atoms with E-state index in [1.54, 1.807) is 0 Å². The van der Waals surface area contributed by atoms with Gasteiger partial charge in [-0.15, -0.1) is 0 Å². The van der Waals surface area contributed by atoms with Crippen LogP contribution in [0, 0.1) is 0 Å². The molecule has 7 heteroatoms. The number of carbonyl (C=O) groups is 1. The summed E-state index contributed by atoms with van der Waals surface area (Å²) in [6.07, 6.45) is 17.5. The summed E-state index contributed by atoms with van der Waals surface area (Å²) >= 11 is 0. The molecule has 2 N–H and O–H groups in total. The van der Waals surface area contributed by atoms with Gasteiger partial charge in [0.15, 0.2) is 0 Å². The van der Waals surface area contributed by atoms with E-state index in [4.69, 9.17) is 29.4 Å². The lowest BCUT2D eigenvalue weighted by molar-refractivity contribution is -0.145. The monoisotopic (exact) mass is 475 g/mol. The van der Waals surface area contributed by atoms with Crippen LogP contribution in [0.5, 0.6) is 0 Å². The second-order valence-electron chi connectivity index (χ2n) is 8.45. The van der Waals surface area contributed by atoms with Gasteiger partial charge in [0.25, 0.3) is 0 Å². The Balaban J connectivity index is 3.14. The highest BCUT2D eigenvalue weighted by atomic mass is 16.6. The molecule has 0 rings (SSSR count). The normalized spacial score (nSPS) is 11.2. The second kappa shape index (κ2) is 29.3. The van der Waals surface area contributed by atoms with Gasteiger partial charge in [-0.3, -0.25) is 4.79 Å². The van der Waals surface area contributed by atoms with Crippen molar-refractivity contribution in [3.63, 3.8) is 0 Å². The van der Waals surface area contributed by atoms with Crippen LogP contribution < -0.4 is 5.73 Å². The largest absolute Gasteiger partial charge is 0.463 e. The third-order valence-corrected chi connectivity index (χ3v) is 5.35. The minimum atomic E-state index is -0.120. The fourth-order valence-corrected chi connectivity index (χ4v) is 3.42. The van der Waals surface area contributed by atoms with Crippen LogP contribution >= 0.6 is 0 Å². The Labute approximate surface area is 203 Å². The molecule has 0 aromatic rings. The Morgan fingerprint density at radius 2 is 0.879 bits per heavy atom. The molecule has 0 aromatic heterocycles. The molecule has 0 aliphatic rings. The first kappa shape index (κ1) is 32.3. The highest BCUT2D eigenvalue weighted by molar-refractivity contribution is 5.69. The third kappa shape index (κ3) is 29.2. The Hall–Kier alpha value is -0.730. The molecule has 7 nitrogen and oxygen atoms in total. The Bertz CT molecular complexity index is 384. The van der Waals surface area contributed by atoms with Crippen molar-refractivity contribution in [1.29, 1.82) is 0 Å². The number of hydrogen-bond donors (Lipinski definition) is 1. The molecule has 0 unspecified atom stereocenters. The smallest absolute Gasteiger partial charge is 0.305 e. The lowest BCUT2D eigenvalue weighted by Gasteiger charge is -2.08. The first-order valence-electron chi connectivity index (χ1n) is 13.5. The Morgan fingerprint density at radius 1 is 0.515 bits per heavy atom. The molecule has 0 aliphatic carbocycles. The molecule has 0 spiro atoms. The molecule has 0 saturated heterocycles. The molecule has 0 bridgehead atoms. The molecule has 0 saturated carbocycles. The van der Waals surface area contributed by atoms with Gasteiger partial charge in [0.1, 0.15) is 6.61 Å². The molecule has 0 atom stereocenters. The number of rotatable bonds is 28. The van der Waals surface area contributed by atoms with E-state index in [0.29, 0.717) is 72.4 Å². The minimum Gasteiger partial charge on any atom is -0.463 e. The summed E-state index contributed by atoms with van der Waals surface area (Å²) in [5, 5.41) is 0. The van der Waals surface area contributed by atoms with Crippen molar-refractivity contribution in [2.24, 2.45) is 5.73 Å². The van der Waals surface area contributed by atoms with Gasteiger partial charge in [0, 0.05) is 13.0 Å². The van der Waals surface area contributed by atoms with E-state index in [0.717, 1.165) is 12.8 Å². The zero-order valence-corrected chi connectivity index (χ0v) is 21.5. The second-order valence-corrected chi connectivity index (χ2v) is 8.45. The van der Waals surface area contributed by atoms with Crippen LogP contribution in [0.15, 0.2) is 0 Å². The number of nitrogens with two attached hydrogens (primary N) is 1. The fraction of sp³-hybridized carbons (Fsp3) is 0.962. The van der Waals surface area contributed by atoms with Gasteiger partial charge < -0.3 is 29.4 Å². The van der Waals surface area contributed by atoms with E-state index in [9.17, 15) is 4.79 Å². The average Bonchev–Trinajstić information content (AvgIpc) is 2.82. The zero-order valence-electron chi connectivity index (χ0n) is 21.5. The van der Waals surface area contributed by atoms with Gasteiger partial charge in [-0.05, 0) is 6.42 Å². The van der Waals surface area contributed by atoms with Crippen molar-refractivity contribution in [1.82, 2.24) is 0 Å². The van der Waals surface area contributed by atoms with E-state index in [1.165, 1.54) is 70.6 Å². The molecule has 0 aromatic carbocycles. The van der Waals surface area contributed by atoms with Crippen LogP contribution in [0.25, 0.3) is 0 Å². The highest BCUT2D eigenvalue weighted by Gasteiger charge is 2.02. The summed E-state index contributed by atoms with van der Waals surface area (Å²) in [6.45, 7) is 7.21. The predicted octanol–water partition coefficient (Wildman–Crippen LogP) is 5.04. The molecule has 0 fully saturated rings. The van der Waals surface area contributed by atoms with Gasteiger partial charge in [-0.2, -0.15) is 0 Å². The van der Waals surface area contributed by atoms with Crippen molar-refractivity contribution >= 4 is 5.97 Å². The van der Waals surface area contributed by atoms with E-state index >= 15 is 0 Å². The lowest BCUT2D eigenvalue weighted by atomic mass is 10.0. The zero-order chi connectivity index (χ0) is 24.1. The highest BCUT2D eigenvalue weighted by Crippen LogP contribution is 2.13. The van der Waals surface area contributed by atoms with Crippen LogP contribution in [0.3, 0.4) is 0 Å². The molecule has 33 heavy (non-hydrogen) atoms. The summed E-state index contributed by atoms with van der Waals surface area (Å²) in [6, 6.07) is 0. The summed E-state index contributed by atoms with van der Waals surface area (Å²) in [4.78, 5) is 11.7. The minimum absolute atomic E-state index is 0.120. The quantitative estimate of drug-likeness (QED) is 0.125. The molecule has 198 valence electrons. The first-order valence-corrected chi connectivity index (χ1v) is 13.5. The van der Waals surface area contributed by atoms with Crippen molar-refractivity contribution in [2.75, 3.05) is 66.0 Å². The molecular formula is C26H53NO6. The molecule has 0 heterocycles. The van der Waals surface area contributed by atoms with Crippen molar-refractivity contribution < 1.29 is 28.5 Å². The Kier molecular flexibility index (Phi) is 28.7. The van der Waals surface area contributed by atoms with Crippen LogP contribution in [-0.2, 0) is 28.5 Å².